The van der Waals surface area contributed by atoms with E-state index in [0.717, 1.165) is 0 Å². The molecule has 1 aliphatic rings. The molecule has 0 bridgehead atoms. The predicted octanol–water partition coefficient (Wildman–Crippen LogP) is -0.0291. The summed E-state index contributed by atoms with van der Waals surface area (Å²) in [6.45, 7) is 6.86. The van der Waals surface area contributed by atoms with Crippen LogP contribution in [0.5, 0.6) is 0 Å². The molecule has 1 rings (SSSR count). The zero-order valence-corrected chi connectivity index (χ0v) is 11.1. The van der Waals surface area contributed by atoms with E-state index < -0.39 is 34.5 Å². The minimum Gasteiger partial charge on any atom is -0.481 e. The fourth-order valence-corrected chi connectivity index (χ4v) is 2.09. The smallest absolute Gasteiger partial charge is 0.307 e. The van der Waals surface area contributed by atoms with Crippen LogP contribution in [0.2, 0.25) is 0 Å². The summed E-state index contributed by atoms with van der Waals surface area (Å²) >= 11 is 0. The van der Waals surface area contributed by atoms with Gasteiger partial charge in [0, 0.05) is 6.54 Å². The highest BCUT2D eigenvalue weighted by molar-refractivity contribution is 5.92. The van der Waals surface area contributed by atoms with Crippen LogP contribution in [0.4, 0.5) is 0 Å². The Bertz CT molecular complexity index is 401. The lowest BCUT2D eigenvalue weighted by atomic mass is 9.92. The van der Waals surface area contributed by atoms with Crippen LogP contribution >= 0.6 is 0 Å². The number of nitrogens with one attached hydrogen (secondary N) is 1. The molecule has 0 aliphatic heterocycles. The van der Waals surface area contributed by atoms with Gasteiger partial charge in [0.1, 0.15) is 0 Å². The van der Waals surface area contributed by atoms with Crippen molar-refractivity contribution >= 4 is 17.8 Å². The van der Waals surface area contributed by atoms with E-state index in [2.05, 4.69) is 5.32 Å². The van der Waals surface area contributed by atoms with Gasteiger partial charge in [0.2, 0.25) is 11.8 Å². The van der Waals surface area contributed by atoms with Crippen molar-refractivity contribution < 1.29 is 19.5 Å². The first kappa shape index (κ1) is 14.5. The van der Waals surface area contributed by atoms with E-state index in [4.69, 9.17) is 10.8 Å². The van der Waals surface area contributed by atoms with Gasteiger partial charge < -0.3 is 16.2 Å². The molecule has 0 saturated heterocycles. The second-order valence-corrected chi connectivity index (χ2v) is 6.08. The van der Waals surface area contributed by atoms with Crippen molar-refractivity contribution in [1.82, 2.24) is 5.32 Å². The van der Waals surface area contributed by atoms with E-state index >= 15 is 0 Å². The molecule has 2 amide bonds. The SMILES string of the molecule is CC(C)(CNC(=O)[C@H]1[C@@H](C(=O)O)C1(C)C)C(N)=O. The van der Waals surface area contributed by atoms with Crippen LogP contribution < -0.4 is 11.1 Å². The third-order valence-corrected chi connectivity index (χ3v) is 3.75. The topological polar surface area (TPSA) is 109 Å². The summed E-state index contributed by atoms with van der Waals surface area (Å²) in [5, 5.41) is 11.6. The maximum Gasteiger partial charge on any atom is 0.307 e. The van der Waals surface area contributed by atoms with Gasteiger partial charge in [-0.05, 0) is 19.3 Å². The van der Waals surface area contributed by atoms with E-state index in [1.807, 2.05) is 0 Å². The Labute approximate surface area is 106 Å². The van der Waals surface area contributed by atoms with Crippen LogP contribution in [0.3, 0.4) is 0 Å². The summed E-state index contributed by atoms with van der Waals surface area (Å²) in [5.41, 5.74) is 3.82. The van der Waals surface area contributed by atoms with Gasteiger partial charge in [0.25, 0.3) is 0 Å². The molecule has 0 aromatic rings. The first-order valence-electron chi connectivity index (χ1n) is 5.82. The van der Waals surface area contributed by atoms with Crippen LogP contribution in [0.25, 0.3) is 0 Å². The Hall–Kier alpha value is -1.59. The predicted molar refractivity (Wildman–Crippen MR) is 64.4 cm³/mol. The average molecular weight is 256 g/mol. The maximum absolute atomic E-state index is 11.9. The van der Waals surface area contributed by atoms with Gasteiger partial charge in [-0.3, -0.25) is 14.4 Å². The minimum absolute atomic E-state index is 0.111. The Morgan fingerprint density at radius 2 is 1.78 bits per heavy atom. The van der Waals surface area contributed by atoms with Crippen molar-refractivity contribution in [3.05, 3.63) is 0 Å². The van der Waals surface area contributed by atoms with Crippen molar-refractivity contribution in [3.63, 3.8) is 0 Å². The van der Waals surface area contributed by atoms with Gasteiger partial charge in [-0.25, -0.2) is 0 Å². The van der Waals surface area contributed by atoms with Gasteiger partial charge >= 0.3 is 5.97 Å². The van der Waals surface area contributed by atoms with Gasteiger partial charge in [-0.1, -0.05) is 13.8 Å². The summed E-state index contributed by atoms with van der Waals surface area (Å²) in [6.07, 6.45) is 0. The number of rotatable bonds is 5. The molecular formula is C12H20N2O4. The largest absolute Gasteiger partial charge is 0.481 e. The molecule has 2 atom stereocenters. The fourth-order valence-electron chi connectivity index (χ4n) is 2.09. The van der Waals surface area contributed by atoms with Crippen LogP contribution in [0.15, 0.2) is 0 Å². The quantitative estimate of drug-likeness (QED) is 0.641. The molecule has 1 fully saturated rings. The van der Waals surface area contributed by atoms with E-state index in [1.165, 1.54) is 0 Å². The first-order chi connectivity index (χ1) is 8.01. The van der Waals surface area contributed by atoms with Gasteiger partial charge in [-0.2, -0.15) is 0 Å². The number of hydrogen-bond acceptors (Lipinski definition) is 3. The zero-order chi connectivity index (χ0) is 14.3. The molecule has 18 heavy (non-hydrogen) atoms. The second-order valence-electron chi connectivity index (χ2n) is 6.08. The number of primary amides is 1. The molecule has 0 aromatic heterocycles. The van der Waals surface area contributed by atoms with Crippen molar-refractivity contribution in [3.8, 4) is 0 Å². The number of nitrogens with two attached hydrogens (primary N) is 1. The third kappa shape index (κ3) is 2.47. The molecule has 0 spiro atoms. The number of aliphatic carboxylic acids is 1. The lowest BCUT2D eigenvalue weighted by Gasteiger charge is -2.20. The normalized spacial score (nSPS) is 25.3. The number of carbonyl (C=O) groups is 3. The van der Waals surface area contributed by atoms with Crippen LogP contribution in [-0.2, 0) is 14.4 Å². The molecule has 0 heterocycles. The van der Waals surface area contributed by atoms with Gasteiger partial charge in [0.05, 0.1) is 17.3 Å². The van der Waals surface area contributed by atoms with Gasteiger partial charge in [0.15, 0.2) is 0 Å². The molecular weight excluding hydrogens is 236 g/mol. The number of carboxylic acid groups (broad SMARTS) is 1. The maximum atomic E-state index is 11.9. The standard InChI is InChI=1S/C12H20N2O4/c1-11(2,10(13)18)5-14-8(15)6-7(9(16)17)12(6,3)4/h6-7H,5H2,1-4H3,(H2,13,18)(H,14,15)(H,16,17)/t6-,7+/m1/s1. The monoisotopic (exact) mass is 256 g/mol. The molecule has 1 saturated carbocycles. The Kier molecular flexibility index (Phi) is 3.42. The van der Waals surface area contributed by atoms with Gasteiger partial charge in [-0.15, -0.1) is 0 Å². The molecule has 0 radical (unpaired) electrons. The Morgan fingerprint density at radius 3 is 2.11 bits per heavy atom. The number of amides is 2. The zero-order valence-electron chi connectivity index (χ0n) is 11.1. The first-order valence-corrected chi connectivity index (χ1v) is 5.82. The summed E-state index contributed by atoms with van der Waals surface area (Å²) in [7, 11) is 0. The molecule has 0 aromatic carbocycles. The van der Waals surface area contributed by atoms with E-state index in [0.29, 0.717) is 0 Å². The summed E-state index contributed by atoms with van der Waals surface area (Å²) in [6, 6.07) is 0. The number of carbonyl (C=O) groups excluding carboxylic acids is 2. The van der Waals surface area contributed by atoms with Crippen molar-refractivity contribution in [2.24, 2.45) is 28.4 Å². The van der Waals surface area contributed by atoms with Crippen molar-refractivity contribution in [1.29, 1.82) is 0 Å². The van der Waals surface area contributed by atoms with E-state index in [1.54, 1.807) is 27.7 Å². The number of carboxylic acids is 1. The fraction of sp³-hybridized carbons (Fsp3) is 0.750. The second kappa shape index (κ2) is 4.26. The van der Waals surface area contributed by atoms with Crippen molar-refractivity contribution in [2.75, 3.05) is 6.54 Å². The van der Waals surface area contributed by atoms with Crippen LogP contribution in [0.1, 0.15) is 27.7 Å². The summed E-state index contributed by atoms with van der Waals surface area (Å²) in [4.78, 5) is 33.9. The Morgan fingerprint density at radius 1 is 1.28 bits per heavy atom. The van der Waals surface area contributed by atoms with Crippen LogP contribution in [-0.4, -0.2) is 29.4 Å². The Balaban J connectivity index is 2.59. The average Bonchev–Trinajstić information content (AvgIpc) is 2.78. The third-order valence-electron chi connectivity index (χ3n) is 3.75. The van der Waals surface area contributed by atoms with Crippen molar-refractivity contribution in [2.45, 2.75) is 27.7 Å². The molecule has 6 heteroatoms. The molecule has 0 unspecified atom stereocenters. The van der Waals surface area contributed by atoms with E-state index in [9.17, 15) is 14.4 Å². The molecule has 102 valence electrons. The van der Waals surface area contributed by atoms with Crippen LogP contribution in [0, 0.1) is 22.7 Å². The lowest BCUT2D eigenvalue weighted by Crippen LogP contribution is -2.43. The van der Waals surface area contributed by atoms with E-state index in [-0.39, 0.29) is 12.5 Å². The highest BCUT2D eigenvalue weighted by Crippen LogP contribution is 2.58. The molecule has 6 nitrogen and oxygen atoms in total. The molecule has 1 aliphatic carbocycles. The summed E-state index contributed by atoms with van der Waals surface area (Å²) in [5.74, 6) is -3.00. The lowest BCUT2D eigenvalue weighted by molar-refractivity contribution is -0.140. The minimum atomic E-state index is -0.964. The molecule has 4 N–H and O–H groups in total. The highest BCUT2D eigenvalue weighted by Gasteiger charge is 2.65. The summed E-state index contributed by atoms with van der Waals surface area (Å²) < 4.78 is 0. The highest BCUT2D eigenvalue weighted by atomic mass is 16.4. The number of hydrogen-bond donors (Lipinski definition) is 3.